The summed E-state index contributed by atoms with van der Waals surface area (Å²) in [5, 5.41) is 3.44. The predicted molar refractivity (Wildman–Crippen MR) is 87.7 cm³/mol. The van der Waals surface area contributed by atoms with Crippen molar-refractivity contribution in [2.24, 2.45) is 0 Å². The molecule has 0 atom stereocenters. The molecule has 1 fully saturated rings. The van der Waals surface area contributed by atoms with E-state index in [0.717, 1.165) is 5.56 Å². The number of urea groups is 1. The quantitative estimate of drug-likeness (QED) is 0.868. The van der Waals surface area contributed by atoms with Crippen molar-refractivity contribution in [2.75, 3.05) is 32.7 Å². The summed E-state index contributed by atoms with van der Waals surface area (Å²) in [5.74, 6) is -0.0366. The first-order chi connectivity index (χ1) is 10.6. The molecule has 0 unspecified atom stereocenters. The van der Waals surface area contributed by atoms with E-state index in [9.17, 15) is 9.59 Å². The van der Waals surface area contributed by atoms with Crippen LogP contribution in [0.5, 0.6) is 0 Å². The lowest BCUT2D eigenvalue weighted by atomic mass is 10.2. The summed E-state index contributed by atoms with van der Waals surface area (Å²) in [4.78, 5) is 27.3. The summed E-state index contributed by atoms with van der Waals surface area (Å²) in [7, 11) is 0. The molecule has 6 heteroatoms. The molecule has 118 valence electrons. The number of hydrogen-bond donors (Lipinski definition) is 1. The van der Waals surface area contributed by atoms with Gasteiger partial charge in [0, 0.05) is 43.8 Å². The van der Waals surface area contributed by atoms with Crippen molar-refractivity contribution in [3.8, 4) is 0 Å². The molecule has 0 aliphatic carbocycles. The highest BCUT2D eigenvalue weighted by Crippen LogP contribution is 2.11. The van der Waals surface area contributed by atoms with Gasteiger partial charge < -0.3 is 15.1 Å². The molecular formula is C16H20ClN3O2. The largest absolute Gasteiger partial charge is 0.338 e. The van der Waals surface area contributed by atoms with Gasteiger partial charge >= 0.3 is 6.03 Å². The molecule has 1 heterocycles. The predicted octanol–water partition coefficient (Wildman–Crippen LogP) is 2.23. The van der Waals surface area contributed by atoms with E-state index < -0.39 is 0 Å². The Morgan fingerprint density at radius 2 is 1.73 bits per heavy atom. The molecule has 0 radical (unpaired) electrons. The van der Waals surface area contributed by atoms with Gasteiger partial charge in [-0.05, 0) is 30.7 Å². The molecule has 0 aromatic heterocycles. The van der Waals surface area contributed by atoms with Gasteiger partial charge in [-0.1, -0.05) is 23.7 Å². The van der Waals surface area contributed by atoms with Gasteiger partial charge in [-0.15, -0.1) is 0 Å². The lowest BCUT2D eigenvalue weighted by Gasteiger charge is -2.34. The Kier molecular flexibility index (Phi) is 5.83. The van der Waals surface area contributed by atoms with Crippen LogP contribution in [0.4, 0.5) is 4.79 Å². The number of nitrogens with one attached hydrogen (secondary N) is 1. The molecule has 1 aliphatic heterocycles. The van der Waals surface area contributed by atoms with Crippen LogP contribution in [-0.4, -0.2) is 54.5 Å². The molecule has 5 nitrogen and oxygen atoms in total. The van der Waals surface area contributed by atoms with E-state index in [1.165, 1.54) is 0 Å². The molecule has 22 heavy (non-hydrogen) atoms. The lowest BCUT2D eigenvalue weighted by Crippen LogP contribution is -2.52. The fourth-order valence-corrected chi connectivity index (χ4v) is 2.37. The molecule has 1 aliphatic rings. The van der Waals surface area contributed by atoms with Crippen molar-refractivity contribution in [3.63, 3.8) is 0 Å². The highest BCUT2D eigenvalue weighted by atomic mass is 35.5. The normalized spacial score (nSPS) is 15.2. The average molecular weight is 322 g/mol. The number of rotatable bonds is 3. The summed E-state index contributed by atoms with van der Waals surface area (Å²) in [6, 6.07) is 7.23. The molecule has 2 rings (SSSR count). The van der Waals surface area contributed by atoms with Gasteiger partial charge in [0.2, 0.25) is 5.91 Å². The van der Waals surface area contributed by atoms with Gasteiger partial charge in [0.1, 0.15) is 0 Å². The first-order valence-electron chi connectivity index (χ1n) is 7.35. The van der Waals surface area contributed by atoms with E-state index >= 15 is 0 Å². The van der Waals surface area contributed by atoms with Crippen LogP contribution in [0.25, 0.3) is 6.08 Å². The Morgan fingerprint density at radius 3 is 2.32 bits per heavy atom. The molecular weight excluding hydrogens is 302 g/mol. The fraction of sp³-hybridized carbons (Fsp3) is 0.375. The lowest BCUT2D eigenvalue weighted by molar-refractivity contribution is -0.127. The van der Waals surface area contributed by atoms with Crippen LogP contribution in [-0.2, 0) is 4.79 Å². The third kappa shape index (κ3) is 4.49. The van der Waals surface area contributed by atoms with Crippen LogP contribution in [0.15, 0.2) is 30.3 Å². The van der Waals surface area contributed by atoms with Crippen molar-refractivity contribution in [1.29, 1.82) is 0 Å². The molecule has 1 aromatic rings. The minimum atomic E-state index is -0.0636. The van der Waals surface area contributed by atoms with Gasteiger partial charge in [0.25, 0.3) is 0 Å². The summed E-state index contributed by atoms with van der Waals surface area (Å²) in [6.07, 6.45) is 3.33. The molecule has 3 amide bonds. The van der Waals surface area contributed by atoms with Gasteiger partial charge in [-0.2, -0.15) is 0 Å². The molecule has 0 saturated carbocycles. The van der Waals surface area contributed by atoms with Crippen LogP contribution in [0.3, 0.4) is 0 Å². The Hall–Kier alpha value is -2.01. The highest BCUT2D eigenvalue weighted by molar-refractivity contribution is 6.30. The SMILES string of the molecule is CCNC(=O)N1CCN(C(=O)/C=C/c2ccc(Cl)cc2)CC1. The van der Waals surface area contributed by atoms with E-state index in [-0.39, 0.29) is 11.9 Å². The van der Waals surface area contributed by atoms with Crippen LogP contribution in [0.1, 0.15) is 12.5 Å². The molecule has 1 N–H and O–H groups in total. The number of hydrogen-bond acceptors (Lipinski definition) is 2. The van der Waals surface area contributed by atoms with Crippen LogP contribution in [0, 0.1) is 0 Å². The third-order valence-corrected chi connectivity index (χ3v) is 3.75. The van der Waals surface area contributed by atoms with Crippen molar-refractivity contribution < 1.29 is 9.59 Å². The second-order valence-corrected chi connectivity index (χ2v) is 5.47. The standard InChI is InChI=1S/C16H20ClN3O2/c1-2-18-16(22)20-11-9-19(10-12-20)15(21)8-5-13-3-6-14(17)7-4-13/h3-8H,2,9-12H2,1H3,(H,18,22)/b8-5+. The van der Waals surface area contributed by atoms with Crippen molar-refractivity contribution >= 4 is 29.6 Å². The number of halogens is 1. The molecule has 0 bridgehead atoms. The van der Waals surface area contributed by atoms with E-state index in [1.54, 1.807) is 34.1 Å². The number of carbonyl (C=O) groups is 2. The maximum atomic E-state index is 12.1. The average Bonchev–Trinajstić information content (AvgIpc) is 2.54. The zero-order valence-electron chi connectivity index (χ0n) is 12.6. The third-order valence-electron chi connectivity index (χ3n) is 3.49. The van der Waals surface area contributed by atoms with E-state index in [2.05, 4.69) is 5.32 Å². The highest BCUT2D eigenvalue weighted by Gasteiger charge is 2.22. The van der Waals surface area contributed by atoms with Crippen molar-refractivity contribution in [2.45, 2.75) is 6.92 Å². The number of nitrogens with zero attached hydrogens (tertiary/aromatic N) is 2. The summed E-state index contributed by atoms with van der Waals surface area (Å²) < 4.78 is 0. The molecule has 1 aromatic carbocycles. The summed E-state index contributed by atoms with van der Waals surface area (Å²) >= 11 is 5.82. The zero-order valence-corrected chi connectivity index (χ0v) is 13.3. The molecule has 1 saturated heterocycles. The van der Waals surface area contributed by atoms with Crippen molar-refractivity contribution in [3.05, 3.63) is 40.9 Å². The second-order valence-electron chi connectivity index (χ2n) is 5.03. The van der Waals surface area contributed by atoms with E-state index in [1.807, 2.05) is 19.1 Å². The first kappa shape index (κ1) is 16.4. The summed E-state index contributed by atoms with van der Waals surface area (Å²) in [5.41, 5.74) is 0.929. The van der Waals surface area contributed by atoms with E-state index in [4.69, 9.17) is 11.6 Å². The van der Waals surface area contributed by atoms with Gasteiger partial charge in [0.05, 0.1) is 0 Å². The maximum absolute atomic E-state index is 12.1. The maximum Gasteiger partial charge on any atom is 0.317 e. The Balaban J connectivity index is 1.84. The Labute approximate surface area is 135 Å². The smallest absolute Gasteiger partial charge is 0.317 e. The Bertz CT molecular complexity index is 549. The van der Waals surface area contributed by atoms with Crippen LogP contribution < -0.4 is 5.32 Å². The van der Waals surface area contributed by atoms with Crippen LogP contribution >= 0.6 is 11.6 Å². The van der Waals surface area contributed by atoms with Crippen molar-refractivity contribution in [1.82, 2.24) is 15.1 Å². The van der Waals surface area contributed by atoms with E-state index in [0.29, 0.717) is 37.7 Å². The fourth-order valence-electron chi connectivity index (χ4n) is 2.24. The van der Waals surface area contributed by atoms with Gasteiger partial charge in [0.15, 0.2) is 0 Å². The second kappa shape index (κ2) is 7.84. The van der Waals surface area contributed by atoms with Gasteiger partial charge in [-0.25, -0.2) is 4.79 Å². The Morgan fingerprint density at radius 1 is 1.14 bits per heavy atom. The number of carbonyl (C=O) groups excluding carboxylic acids is 2. The minimum Gasteiger partial charge on any atom is -0.338 e. The van der Waals surface area contributed by atoms with Crippen LogP contribution in [0.2, 0.25) is 5.02 Å². The number of piperazine rings is 1. The summed E-state index contributed by atoms with van der Waals surface area (Å²) in [6.45, 7) is 4.74. The molecule has 0 spiro atoms. The van der Waals surface area contributed by atoms with Gasteiger partial charge in [-0.3, -0.25) is 4.79 Å². The number of benzene rings is 1. The first-order valence-corrected chi connectivity index (χ1v) is 7.73. The number of amides is 3. The monoisotopic (exact) mass is 321 g/mol. The topological polar surface area (TPSA) is 52.7 Å². The minimum absolute atomic E-state index is 0.0366. The zero-order chi connectivity index (χ0) is 15.9.